The summed E-state index contributed by atoms with van der Waals surface area (Å²) in [5, 5.41) is 3.11. The second-order valence-corrected chi connectivity index (χ2v) is 8.13. The van der Waals surface area contributed by atoms with E-state index >= 15 is 0 Å². The average Bonchev–Trinajstić information content (AvgIpc) is 2.47. The highest BCUT2D eigenvalue weighted by atomic mass is 16.6. The van der Waals surface area contributed by atoms with Gasteiger partial charge in [0.05, 0.1) is 6.04 Å². The molecule has 1 aliphatic rings. The van der Waals surface area contributed by atoms with Gasteiger partial charge in [0, 0.05) is 18.6 Å². The van der Waals surface area contributed by atoms with E-state index in [9.17, 15) is 4.79 Å². The first kappa shape index (κ1) is 18.8. The van der Waals surface area contributed by atoms with Crippen molar-refractivity contribution >= 4 is 6.09 Å². The number of nitrogens with one attached hydrogen (secondary N) is 1. The normalized spacial score (nSPS) is 28.4. The van der Waals surface area contributed by atoms with Gasteiger partial charge in [-0.3, -0.25) is 4.90 Å². The van der Waals surface area contributed by atoms with Crippen LogP contribution in [0.4, 0.5) is 4.79 Å². The van der Waals surface area contributed by atoms with E-state index in [0.29, 0.717) is 12.0 Å². The summed E-state index contributed by atoms with van der Waals surface area (Å²) < 4.78 is 5.45. The van der Waals surface area contributed by atoms with Crippen LogP contribution in [0.2, 0.25) is 0 Å². The van der Waals surface area contributed by atoms with Crippen LogP contribution in [0.15, 0.2) is 30.3 Å². The highest BCUT2D eigenvalue weighted by molar-refractivity contribution is 5.68. The molecule has 0 unspecified atom stereocenters. The van der Waals surface area contributed by atoms with E-state index in [1.165, 1.54) is 5.56 Å². The molecule has 0 bridgehead atoms. The molecule has 1 aromatic rings. The van der Waals surface area contributed by atoms with Gasteiger partial charge in [0.2, 0.25) is 0 Å². The lowest BCUT2D eigenvalue weighted by Gasteiger charge is -2.47. The average molecular weight is 332 g/mol. The van der Waals surface area contributed by atoms with Crippen LogP contribution in [0.3, 0.4) is 0 Å². The van der Waals surface area contributed by atoms with E-state index < -0.39 is 5.60 Å². The molecule has 1 aliphatic heterocycles. The van der Waals surface area contributed by atoms with Gasteiger partial charge in [-0.15, -0.1) is 0 Å². The molecule has 1 aromatic carbocycles. The Morgan fingerprint density at radius 1 is 1.21 bits per heavy atom. The lowest BCUT2D eigenvalue weighted by molar-refractivity contribution is 0.0171. The largest absolute Gasteiger partial charge is 0.444 e. The van der Waals surface area contributed by atoms with E-state index in [2.05, 4.69) is 55.3 Å². The van der Waals surface area contributed by atoms with Crippen LogP contribution in [0.5, 0.6) is 0 Å². The minimum atomic E-state index is -0.470. The monoisotopic (exact) mass is 332 g/mol. The minimum absolute atomic E-state index is 0.0970. The van der Waals surface area contributed by atoms with Gasteiger partial charge < -0.3 is 10.1 Å². The molecule has 1 saturated heterocycles. The molecule has 134 valence electrons. The number of benzene rings is 1. The zero-order valence-electron chi connectivity index (χ0n) is 15.9. The van der Waals surface area contributed by atoms with Gasteiger partial charge in [-0.05, 0) is 52.5 Å². The van der Waals surface area contributed by atoms with E-state index in [4.69, 9.17) is 4.74 Å². The fourth-order valence-corrected chi connectivity index (χ4v) is 3.70. The molecule has 1 N–H and O–H groups in total. The summed E-state index contributed by atoms with van der Waals surface area (Å²) in [6.45, 7) is 13.3. The molecule has 0 aromatic heterocycles. The minimum Gasteiger partial charge on any atom is -0.444 e. The second-order valence-electron chi connectivity index (χ2n) is 8.13. The summed E-state index contributed by atoms with van der Waals surface area (Å²) in [5.74, 6) is 0.426. The Labute approximate surface area is 146 Å². The molecule has 1 heterocycles. The number of hydrogen-bond donors (Lipinski definition) is 1. The van der Waals surface area contributed by atoms with Gasteiger partial charge in [0.25, 0.3) is 0 Å². The zero-order chi connectivity index (χ0) is 17.9. The molecule has 2 rings (SSSR count). The van der Waals surface area contributed by atoms with Crippen LogP contribution < -0.4 is 5.32 Å². The van der Waals surface area contributed by atoms with E-state index in [1.54, 1.807) is 0 Å². The smallest absolute Gasteiger partial charge is 0.407 e. The molecule has 0 saturated carbocycles. The third kappa shape index (κ3) is 4.97. The summed E-state index contributed by atoms with van der Waals surface area (Å²) in [6, 6.07) is 11.4. The Balaban J connectivity index is 2.07. The van der Waals surface area contributed by atoms with Crippen molar-refractivity contribution in [3.8, 4) is 0 Å². The fourth-order valence-electron chi connectivity index (χ4n) is 3.70. The van der Waals surface area contributed by atoms with Gasteiger partial charge in [0.1, 0.15) is 5.60 Å². The number of hydrogen-bond acceptors (Lipinski definition) is 3. The molecular formula is C20H32N2O2. The summed E-state index contributed by atoms with van der Waals surface area (Å²) in [7, 11) is 0. The van der Waals surface area contributed by atoms with Crippen LogP contribution in [0, 0.1) is 5.92 Å². The summed E-state index contributed by atoms with van der Waals surface area (Å²) >= 11 is 0. The van der Waals surface area contributed by atoms with Crippen molar-refractivity contribution in [3.63, 3.8) is 0 Å². The molecule has 4 atom stereocenters. The molecule has 1 amide bonds. The Hall–Kier alpha value is -1.55. The topological polar surface area (TPSA) is 41.6 Å². The van der Waals surface area contributed by atoms with Crippen molar-refractivity contribution in [1.82, 2.24) is 10.2 Å². The van der Waals surface area contributed by atoms with E-state index in [0.717, 1.165) is 13.0 Å². The number of carbonyl (C=O) groups excluding carboxylic acids is 1. The van der Waals surface area contributed by atoms with Gasteiger partial charge >= 0.3 is 6.09 Å². The maximum atomic E-state index is 12.2. The van der Waals surface area contributed by atoms with Crippen LogP contribution in [0.1, 0.15) is 53.5 Å². The number of piperidine rings is 1. The first-order chi connectivity index (χ1) is 11.2. The fraction of sp³-hybridized carbons (Fsp3) is 0.650. The molecule has 0 radical (unpaired) electrons. The van der Waals surface area contributed by atoms with E-state index in [-0.39, 0.29) is 18.2 Å². The van der Waals surface area contributed by atoms with Crippen LogP contribution >= 0.6 is 0 Å². The second kappa shape index (κ2) is 7.56. The predicted molar refractivity (Wildman–Crippen MR) is 97.8 cm³/mol. The van der Waals surface area contributed by atoms with Crippen molar-refractivity contribution in [1.29, 1.82) is 0 Å². The molecule has 4 heteroatoms. The molecule has 0 aliphatic carbocycles. The Kier molecular flexibility index (Phi) is 5.92. The molecule has 24 heavy (non-hydrogen) atoms. The maximum absolute atomic E-state index is 12.2. The first-order valence-electron chi connectivity index (χ1n) is 8.96. The number of rotatable bonds is 3. The van der Waals surface area contributed by atoms with Gasteiger partial charge in [-0.25, -0.2) is 4.79 Å². The van der Waals surface area contributed by atoms with Crippen molar-refractivity contribution in [3.05, 3.63) is 35.9 Å². The van der Waals surface area contributed by atoms with Crippen molar-refractivity contribution in [2.75, 3.05) is 0 Å². The van der Waals surface area contributed by atoms with E-state index in [1.807, 2.05) is 26.8 Å². The number of carbonyl (C=O) groups is 1. The Morgan fingerprint density at radius 3 is 2.42 bits per heavy atom. The highest BCUT2D eigenvalue weighted by Crippen LogP contribution is 2.29. The first-order valence-corrected chi connectivity index (χ1v) is 8.96. The standard InChI is InChI=1S/C20H32N2O2/c1-14-12-15(2)22(13-17-10-8-7-9-11-17)16(3)18(14)21-19(23)24-20(4,5)6/h7-11,14-16,18H,12-13H2,1-6H3,(H,21,23)/t14-,15-,16+,18+/m0/s1. The molecule has 1 fully saturated rings. The zero-order valence-corrected chi connectivity index (χ0v) is 15.9. The van der Waals surface area contributed by atoms with Gasteiger partial charge in [0.15, 0.2) is 0 Å². The molecule has 4 nitrogen and oxygen atoms in total. The van der Waals surface area contributed by atoms with Gasteiger partial charge in [-0.1, -0.05) is 37.3 Å². The summed E-state index contributed by atoms with van der Waals surface area (Å²) in [6.07, 6.45) is 0.748. The Bertz CT molecular complexity index is 538. The Morgan fingerprint density at radius 2 is 1.83 bits per heavy atom. The maximum Gasteiger partial charge on any atom is 0.407 e. The quantitative estimate of drug-likeness (QED) is 0.902. The molecular weight excluding hydrogens is 300 g/mol. The number of amides is 1. The summed E-state index contributed by atoms with van der Waals surface area (Å²) in [4.78, 5) is 14.7. The van der Waals surface area contributed by atoms with Crippen LogP contribution in [0.25, 0.3) is 0 Å². The van der Waals surface area contributed by atoms with Crippen molar-refractivity contribution in [2.45, 2.75) is 78.2 Å². The van der Waals surface area contributed by atoms with Crippen molar-refractivity contribution in [2.24, 2.45) is 5.92 Å². The molecule has 0 spiro atoms. The van der Waals surface area contributed by atoms with Crippen LogP contribution in [-0.4, -0.2) is 34.7 Å². The predicted octanol–water partition coefficient (Wildman–Crippen LogP) is 4.20. The lowest BCUT2D eigenvalue weighted by Crippen LogP contribution is -2.60. The third-order valence-electron chi connectivity index (χ3n) is 4.83. The third-order valence-corrected chi connectivity index (χ3v) is 4.83. The highest BCUT2D eigenvalue weighted by Gasteiger charge is 2.38. The SMILES string of the molecule is C[C@@H]1[C@H](NC(=O)OC(C)(C)C)[C@@H](C)C[C@H](C)N1Cc1ccccc1. The van der Waals surface area contributed by atoms with Gasteiger partial charge in [-0.2, -0.15) is 0 Å². The number of alkyl carbamates (subject to hydrolysis) is 1. The number of ether oxygens (including phenoxy) is 1. The lowest BCUT2D eigenvalue weighted by atomic mass is 9.83. The van der Waals surface area contributed by atoms with Crippen molar-refractivity contribution < 1.29 is 9.53 Å². The van der Waals surface area contributed by atoms with Crippen LogP contribution in [-0.2, 0) is 11.3 Å². The number of nitrogens with zero attached hydrogens (tertiary/aromatic N) is 1. The summed E-state index contributed by atoms with van der Waals surface area (Å²) in [5.41, 5.74) is 0.837. The number of likely N-dealkylation sites (tertiary alicyclic amines) is 1.